The maximum Gasteiger partial charge on any atom is 0.341 e. The second-order valence-corrected chi connectivity index (χ2v) is 11.7. The smallest absolute Gasteiger partial charge is 0.341 e. The normalized spacial score (nSPS) is 10.5. The average molecular weight is 703 g/mol. The van der Waals surface area contributed by atoms with Crippen LogP contribution in [0.2, 0.25) is 0 Å². The molecule has 0 spiro atoms. The van der Waals surface area contributed by atoms with Gasteiger partial charge in [0.1, 0.15) is 23.0 Å². The molecule has 10 heteroatoms. The molecule has 10 nitrogen and oxygen atoms in total. The molecule has 0 aliphatic rings. The summed E-state index contributed by atoms with van der Waals surface area (Å²) in [5, 5.41) is 0. The molecule has 0 radical (unpaired) electrons. The van der Waals surface area contributed by atoms with Crippen molar-refractivity contribution in [2.24, 2.45) is 0 Å². The molecule has 0 aliphatic carbocycles. The third kappa shape index (κ3) is 9.87. The Labute approximate surface area is 302 Å². The van der Waals surface area contributed by atoms with Crippen LogP contribution < -0.4 is 18.9 Å². The topological polar surface area (TPSA) is 124 Å². The van der Waals surface area contributed by atoms with E-state index in [1.807, 2.05) is 12.1 Å². The SMILES string of the molecule is C=C(C)C(=O)Oc1cc(-c2ccc(OC(=O)C(=C)COC)cc2)ccc1-c1ccc(-c2ccc(OC(=O)C(=C)COC)cc2)cc1OC(=O)C(=C)C. The number of ether oxygens (including phenoxy) is 6. The van der Waals surface area contributed by atoms with Crippen LogP contribution in [0.25, 0.3) is 33.4 Å². The molecule has 4 aromatic carbocycles. The third-order valence-corrected chi connectivity index (χ3v) is 7.37. The number of methoxy groups -OCH3 is 2. The third-order valence-electron chi connectivity index (χ3n) is 7.37. The van der Waals surface area contributed by atoms with Gasteiger partial charge in [-0.25, -0.2) is 19.2 Å². The van der Waals surface area contributed by atoms with Crippen molar-refractivity contribution in [3.63, 3.8) is 0 Å². The number of carbonyl (C=O) groups excluding carboxylic acids is 4. The van der Waals surface area contributed by atoms with Crippen LogP contribution in [0, 0.1) is 0 Å². The molecular weight excluding hydrogens is 664 g/mol. The van der Waals surface area contributed by atoms with Crippen LogP contribution in [0.15, 0.2) is 134 Å². The van der Waals surface area contributed by atoms with E-state index in [2.05, 4.69) is 26.3 Å². The lowest BCUT2D eigenvalue weighted by molar-refractivity contribution is -0.131. The minimum atomic E-state index is -0.652. The molecule has 4 rings (SSSR count). The number of rotatable bonds is 15. The minimum absolute atomic E-state index is 0.0462. The van der Waals surface area contributed by atoms with Gasteiger partial charge in [-0.05, 0) is 84.6 Å². The first-order valence-electron chi connectivity index (χ1n) is 15.8. The molecule has 0 atom stereocenters. The van der Waals surface area contributed by atoms with Crippen molar-refractivity contribution in [2.75, 3.05) is 27.4 Å². The van der Waals surface area contributed by atoms with Gasteiger partial charge in [0.25, 0.3) is 0 Å². The number of hydrogen-bond acceptors (Lipinski definition) is 10. The van der Waals surface area contributed by atoms with Gasteiger partial charge < -0.3 is 28.4 Å². The van der Waals surface area contributed by atoms with E-state index in [1.54, 1.807) is 72.8 Å². The Morgan fingerprint density at radius 2 is 0.788 bits per heavy atom. The second-order valence-electron chi connectivity index (χ2n) is 11.7. The molecule has 4 aromatic rings. The summed E-state index contributed by atoms with van der Waals surface area (Å²) in [5.41, 5.74) is 4.44. The maximum atomic E-state index is 12.8. The first-order valence-corrected chi connectivity index (χ1v) is 15.8. The molecule has 0 N–H and O–H groups in total. The summed E-state index contributed by atoms with van der Waals surface area (Å²) in [6, 6.07) is 24.0. The summed E-state index contributed by atoms with van der Waals surface area (Å²) in [7, 11) is 2.91. The Bertz CT molecular complexity index is 1900. The van der Waals surface area contributed by atoms with Crippen LogP contribution in [-0.2, 0) is 28.7 Å². The molecule has 266 valence electrons. The van der Waals surface area contributed by atoms with E-state index in [4.69, 9.17) is 28.4 Å². The van der Waals surface area contributed by atoms with Gasteiger partial charge in [-0.2, -0.15) is 0 Å². The molecular formula is C42H38O10. The molecule has 0 bridgehead atoms. The molecule has 0 unspecified atom stereocenters. The van der Waals surface area contributed by atoms with Crippen LogP contribution >= 0.6 is 0 Å². The van der Waals surface area contributed by atoms with Crippen molar-refractivity contribution in [2.45, 2.75) is 13.8 Å². The lowest BCUT2D eigenvalue weighted by Gasteiger charge is -2.17. The monoisotopic (exact) mass is 702 g/mol. The van der Waals surface area contributed by atoms with Crippen LogP contribution in [0.4, 0.5) is 0 Å². The van der Waals surface area contributed by atoms with Gasteiger partial charge in [-0.15, -0.1) is 0 Å². The van der Waals surface area contributed by atoms with Gasteiger partial charge in [0.05, 0.1) is 24.4 Å². The van der Waals surface area contributed by atoms with E-state index in [-0.39, 0.29) is 47.0 Å². The zero-order valence-electron chi connectivity index (χ0n) is 29.4. The Morgan fingerprint density at radius 3 is 1.10 bits per heavy atom. The second kappa shape index (κ2) is 17.5. The van der Waals surface area contributed by atoms with E-state index >= 15 is 0 Å². The van der Waals surface area contributed by atoms with Gasteiger partial charge in [0.15, 0.2) is 0 Å². The zero-order chi connectivity index (χ0) is 37.9. The predicted octanol–water partition coefficient (Wildman–Crippen LogP) is 7.87. The Morgan fingerprint density at radius 1 is 0.462 bits per heavy atom. The van der Waals surface area contributed by atoms with E-state index in [0.717, 1.165) is 11.1 Å². The fourth-order valence-corrected chi connectivity index (χ4v) is 4.65. The summed E-state index contributed by atoms with van der Waals surface area (Å²) < 4.78 is 32.2. The van der Waals surface area contributed by atoms with E-state index in [1.165, 1.54) is 28.1 Å². The van der Waals surface area contributed by atoms with Crippen molar-refractivity contribution in [3.05, 3.63) is 134 Å². The van der Waals surface area contributed by atoms with Gasteiger partial charge >= 0.3 is 23.9 Å². The van der Waals surface area contributed by atoms with E-state index in [9.17, 15) is 19.2 Å². The summed E-state index contributed by atoms with van der Waals surface area (Å²) in [6.45, 7) is 17.9. The minimum Gasteiger partial charge on any atom is -0.423 e. The number of benzene rings is 4. The van der Waals surface area contributed by atoms with Crippen molar-refractivity contribution in [1.29, 1.82) is 0 Å². The Hall–Kier alpha value is -6.36. The van der Waals surface area contributed by atoms with Crippen LogP contribution in [0.5, 0.6) is 23.0 Å². The average Bonchev–Trinajstić information content (AvgIpc) is 3.12. The molecule has 0 fully saturated rings. The van der Waals surface area contributed by atoms with Crippen molar-refractivity contribution in [1.82, 2.24) is 0 Å². The fourth-order valence-electron chi connectivity index (χ4n) is 4.65. The van der Waals surface area contributed by atoms with Gasteiger partial charge in [0, 0.05) is 36.5 Å². The van der Waals surface area contributed by atoms with Crippen LogP contribution in [0.3, 0.4) is 0 Å². The van der Waals surface area contributed by atoms with Gasteiger partial charge in [0.2, 0.25) is 0 Å². The molecule has 52 heavy (non-hydrogen) atoms. The standard InChI is InChI=1S/C42H38O10/c1-25(2)39(43)51-37-21-31(29-9-15-33(16-10-29)49-41(45)27(5)23-47-7)13-19-35(37)36-20-14-32(22-38(36)52-40(44)26(3)4)30-11-17-34(18-12-30)50-42(46)28(6)24-48-8/h9-22H,1,3,5-6,23-24H2,2,4,7-8H3. The molecule has 0 heterocycles. The summed E-state index contributed by atoms with van der Waals surface area (Å²) >= 11 is 0. The van der Waals surface area contributed by atoms with Crippen molar-refractivity contribution in [3.8, 4) is 56.4 Å². The molecule has 0 amide bonds. The van der Waals surface area contributed by atoms with Crippen LogP contribution in [-0.4, -0.2) is 51.3 Å². The van der Waals surface area contributed by atoms with Gasteiger partial charge in [-0.1, -0.05) is 62.7 Å². The zero-order valence-corrected chi connectivity index (χ0v) is 29.4. The number of esters is 4. The van der Waals surface area contributed by atoms with Crippen molar-refractivity contribution >= 4 is 23.9 Å². The number of carbonyl (C=O) groups is 4. The largest absolute Gasteiger partial charge is 0.423 e. The number of hydrogen-bond donors (Lipinski definition) is 0. The molecule has 0 saturated heterocycles. The predicted molar refractivity (Wildman–Crippen MR) is 197 cm³/mol. The highest BCUT2D eigenvalue weighted by Gasteiger charge is 2.20. The fraction of sp³-hybridized carbons (Fsp3) is 0.143. The molecule has 0 aromatic heterocycles. The highest BCUT2D eigenvalue weighted by molar-refractivity contribution is 5.94. The van der Waals surface area contributed by atoms with E-state index in [0.29, 0.717) is 33.8 Å². The van der Waals surface area contributed by atoms with Gasteiger partial charge in [-0.3, -0.25) is 0 Å². The summed E-state index contributed by atoms with van der Waals surface area (Å²) in [6.07, 6.45) is 0. The Kier molecular flexibility index (Phi) is 13.0. The quantitative estimate of drug-likeness (QED) is 0.0687. The molecule has 0 saturated carbocycles. The Balaban J connectivity index is 1.72. The van der Waals surface area contributed by atoms with Crippen LogP contribution in [0.1, 0.15) is 13.8 Å². The first-order chi connectivity index (χ1) is 24.8. The molecule has 0 aliphatic heterocycles. The first kappa shape index (κ1) is 38.4. The van der Waals surface area contributed by atoms with Crippen molar-refractivity contribution < 1.29 is 47.6 Å². The maximum absolute atomic E-state index is 12.8. The summed E-state index contributed by atoms with van der Waals surface area (Å²) in [4.78, 5) is 50.1. The highest BCUT2D eigenvalue weighted by atomic mass is 16.6. The summed E-state index contributed by atoms with van der Waals surface area (Å²) in [5.74, 6) is -1.54. The highest BCUT2D eigenvalue weighted by Crippen LogP contribution is 2.41. The lowest BCUT2D eigenvalue weighted by atomic mass is 9.96. The van der Waals surface area contributed by atoms with E-state index < -0.39 is 23.9 Å². The lowest BCUT2D eigenvalue weighted by Crippen LogP contribution is -2.13.